The van der Waals surface area contributed by atoms with E-state index in [0.29, 0.717) is 12.6 Å². The van der Waals surface area contributed by atoms with Crippen molar-refractivity contribution in [1.29, 1.82) is 0 Å². The zero-order chi connectivity index (χ0) is 18.9. The second-order valence-electron chi connectivity index (χ2n) is 6.76. The highest BCUT2D eigenvalue weighted by atomic mass is 32.2. The normalized spacial score (nSPS) is 13.8. The highest BCUT2D eigenvalue weighted by molar-refractivity contribution is 7.89. The largest absolute Gasteiger partial charge is 0.357 e. The van der Waals surface area contributed by atoms with E-state index in [2.05, 4.69) is 36.4 Å². The number of sulfonamides is 1. The number of nitrogens with zero attached hydrogens (tertiary/aromatic N) is 1. The number of guanidine groups is 1. The molecule has 0 saturated carbocycles. The lowest BCUT2D eigenvalue weighted by Crippen LogP contribution is -2.42. The van der Waals surface area contributed by atoms with Crippen molar-refractivity contribution < 1.29 is 8.42 Å². The van der Waals surface area contributed by atoms with Crippen LogP contribution in [0.3, 0.4) is 0 Å². The van der Waals surface area contributed by atoms with Crippen molar-refractivity contribution in [1.82, 2.24) is 10.6 Å². The van der Waals surface area contributed by atoms with Gasteiger partial charge in [0.1, 0.15) is 0 Å². The van der Waals surface area contributed by atoms with Gasteiger partial charge in [-0.3, -0.25) is 0 Å². The molecule has 0 aliphatic heterocycles. The molecule has 0 aliphatic rings. The lowest BCUT2D eigenvalue weighted by molar-refractivity contribution is 0.491. The molecule has 0 spiro atoms. The molecule has 0 heterocycles. The second kappa shape index (κ2) is 10.4. The first kappa shape index (κ1) is 21.4. The summed E-state index contributed by atoms with van der Waals surface area (Å²) in [6.45, 7) is 9.79. The monoisotopic (exact) mass is 368 g/mol. The predicted octanol–water partition coefficient (Wildman–Crippen LogP) is 2.60. The molecule has 1 aromatic carbocycles. The molecule has 0 aliphatic carbocycles. The number of primary sulfonamides is 1. The van der Waals surface area contributed by atoms with Crippen LogP contribution in [0.1, 0.15) is 52.5 Å². The van der Waals surface area contributed by atoms with Crippen LogP contribution in [0.15, 0.2) is 34.2 Å². The van der Waals surface area contributed by atoms with E-state index in [-0.39, 0.29) is 4.90 Å². The first-order valence-corrected chi connectivity index (χ1v) is 10.4. The van der Waals surface area contributed by atoms with Crippen molar-refractivity contribution in [3.05, 3.63) is 29.8 Å². The van der Waals surface area contributed by atoms with Crippen molar-refractivity contribution in [3.8, 4) is 0 Å². The summed E-state index contributed by atoms with van der Waals surface area (Å²) >= 11 is 0. The van der Waals surface area contributed by atoms with Crippen molar-refractivity contribution in [2.45, 2.75) is 64.4 Å². The van der Waals surface area contributed by atoms with Crippen LogP contribution < -0.4 is 15.8 Å². The van der Waals surface area contributed by atoms with Gasteiger partial charge in [-0.05, 0) is 43.9 Å². The Hall–Kier alpha value is -1.60. The third kappa shape index (κ3) is 8.88. The highest BCUT2D eigenvalue weighted by Gasteiger charge is 2.09. The average Bonchev–Trinajstić information content (AvgIpc) is 2.52. The van der Waals surface area contributed by atoms with Crippen molar-refractivity contribution in [3.63, 3.8) is 0 Å². The third-order valence-corrected chi connectivity index (χ3v) is 4.70. The third-order valence-electron chi connectivity index (χ3n) is 3.79. The number of hydrogen-bond donors (Lipinski definition) is 3. The summed E-state index contributed by atoms with van der Waals surface area (Å²) in [6, 6.07) is 6.90. The van der Waals surface area contributed by atoms with E-state index in [1.807, 2.05) is 13.0 Å². The van der Waals surface area contributed by atoms with Crippen LogP contribution in [0.2, 0.25) is 0 Å². The Bertz CT molecular complexity index is 657. The molecule has 6 nitrogen and oxygen atoms in total. The molecule has 1 atom stereocenters. The Kier molecular flexibility index (Phi) is 8.92. The van der Waals surface area contributed by atoms with Gasteiger partial charge in [-0.1, -0.05) is 38.8 Å². The molecular formula is C18H32N4O2S. The molecule has 0 bridgehead atoms. The van der Waals surface area contributed by atoms with Crippen LogP contribution in [0.4, 0.5) is 0 Å². The number of nitrogens with one attached hydrogen (secondary N) is 2. The van der Waals surface area contributed by atoms with Gasteiger partial charge in [-0.2, -0.15) is 0 Å². The smallest absolute Gasteiger partial charge is 0.238 e. The van der Waals surface area contributed by atoms with Crippen molar-refractivity contribution in [2.24, 2.45) is 16.0 Å². The molecule has 1 rings (SSSR count). The van der Waals surface area contributed by atoms with E-state index in [1.165, 1.54) is 18.9 Å². The number of aliphatic imine (C=N–C) groups is 1. The fourth-order valence-electron chi connectivity index (χ4n) is 2.45. The van der Waals surface area contributed by atoms with Crippen LogP contribution >= 0.6 is 0 Å². The summed E-state index contributed by atoms with van der Waals surface area (Å²) in [5, 5.41) is 11.8. The van der Waals surface area contributed by atoms with Gasteiger partial charge in [-0.25, -0.2) is 18.5 Å². The minimum Gasteiger partial charge on any atom is -0.357 e. The Balaban J connectivity index is 2.69. The maximum absolute atomic E-state index is 11.4. The van der Waals surface area contributed by atoms with E-state index < -0.39 is 10.0 Å². The molecule has 7 heteroatoms. The fourth-order valence-corrected chi connectivity index (χ4v) is 3.03. The summed E-state index contributed by atoms with van der Waals surface area (Å²) in [5.41, 5.74) is 0.802. The van der Waals surface area contributed by atoms with E-state index in [9.17, 15) is 8.42 Å². The van der Waals surface area contributed by atoms with E-state index >= 15 is 0 Å². The summed E-state index contributed by atoms with van der Waals surface area (Å²) in [4.78, 5) is 4.66. The molecule has 1 unspecified atom stereocenters. The first-order chi connectivity index (χ1) is 11.7. The topological polar surface area (TPSA) is 96.6 Å². The van der Waals surface area contributed by atoms with Gasteiger partial charge in [0.05, 0.1) is 11.4 Å². The zero-order valence-electron chi connectivity index (χ0n) is 15.7. The molecule has 1 aromatic rings. The Morgan fingerprint density at radius 2 is 1.96 bits per heavy atom. The highest BCUT2D eigenvalue weighted by Crippen LogP contribution is 2.11. The molecule has 0 saturated heterocycles. The quantitative estimate of drug-likeness (QED) is 0.461. The van der Waals surface area contributed by atoms with E-state index in [1.54, 1.807) is 12.1 Å². The minimum atomic E-state index is -3.69. The van der Waals surface area contributed by atoms with E-state index in [0.717, 1.165) is 30.4 Å². The van der Waals surface area contributed by atoms with E-state index in [4.69, 9.17) is 5.14 Å². The molecule has 0 radical (unpaired) electrons. The van der Waals surface area contributed by atoms with Crippen LogP contribution in [0.25, 0.3) is 0 Å². The molecule has 142 valence electrons. The van der Waals surface area contributed by atoms with Gasteiger partial charge in [0.15, 0.2) is 5.96 Å². The van der Waals surface area contributed by atoms with Gasteiger partial charge in [0.25, 0.3) is 0 Å². The summed E-state index contributed by atoms with van der Waals surface area (Å²) in [6.07, 6.45) is 3.49. The standard InChI is InChI=1S/C18H32N4O2S/c1-5-20-18(22-15(4)9-6-8-14(2)3)21-13-16-10-7-11-17(12-16)25(19,23)24/h7,10-12,14-15H,5-6,8-9,13H2,1-4H3,(H2,19,23,24)(H2,20,21,22). The maximum atomic E-state index is 11.4. The lowest BCUT2D eigenvalue weighted by atomic mass is 10.0. The summed E-state index contributed by atoms with van der Waals surface area (Å²) in [7, 11) is -3.69. The summed E-state index contributed by atoms with van der Waals surface area (Å²) in [5.74, 6) is 1.46. The second-order valence-corrected chi connectivity index (χ2v) is 8.32. The van der Waals surface area contributed by atoms with Crippen LogP contribution in [0.5, 0.6) is 0 Å². The molecule has 25 heavy (non-hydrogen) atoms. The maximum Gasteiger partial charge on any atom is 0.238 e. The molecule has 0 aromatic heterocycles. The van der Waals surface area contributed by atoms with Gasteiger partial charge in [0, 0.05) is 12.6 Å². The van der Waals surface area contributed by atoms with Gasteiger partial charge in [-0.15, -0.1) is 0 Å². The summed E-state index contributed by atoms with van der Waals surface area (Å²) < 4.78 is 22.9. The van der Waals surface area contributed by atoms with Crippen LogP contribution in [-0.4, -0.2) is 27.0 Å². The zero-order valence-corrected chi connectivity index (χ0v) is 16.6. The Morgan fingerprint density at radius 1 is 1.24 bits per heavy atom. The first-order valence-electron chi connectivity index (χ1n) is 8.89. The van der Waals surface area contributed by atoms with Crippen molar-refractivity contribution in [2.75, 3.05) is 6.54 Å². The van der Waals surface area contributed by atoms with Crippen LogP contribution in [0, 0.1) is 5.92 Å². The molecule has 0 fully saturated rings. The Morgan fingerprint density at radius 3 is 2.56 bits per heavy atom. The SMILES string of the molecule is CCNC(=NCc1cccc(S(N)(=O)=O)c1)NC(C)CCCC(C)C. The molecule has 0 amide bonds. The predicted molar refractivity (Wildman–Crippen MR) is 104 cm³/mol. The van der Waals surface area contributed by atoms with Crippen LogP contribution in [-0.2, 0) is 16.6 Å². The molecule has 4 N–H and O–H groups in total. The number of rotatable bonds is 9. The molecular weight excluding hydrogens is 336 g/mol. The average molecular weight is 369 g/mol. The number of hydrogen-bond acceptors (Lipinski definition) is 3. The van der Waals surface area contributed by atoms with Gasteiger partial charge >= 0.3 is 0 Å². The number of nitrogens with two attached hydrogens (primary N) is 1. The van der Waals surface area contributed by atoms with Gasteiger partial charge in [0.2, 0.25) is 10.0 Å². The Labute approximate surface area is 152 Å². The van der Waals surface area contributed by atoms with Gasteiger partial charge < -0.3 is 10.6 Å². The fraction of sp³-hybridized carbons (Fsp3) is 0.611. The minimum absolute atomic E-state index is 0.111. The lowest BCUT2D eigenvalue weighted by Gasteiger charge is -2.18. The van der Waals surface area contributed by atoms with Crippen molar-refractivity contribution >= 4 is 16.0 Å². The number of benzene rings is 1.